The molecule has 0 radical (unpaired) electrons. The lowest BCUT2D eigenvalue weighted by atomic mass is 10.0. The maximum atomic E-state index is 13.4. The monoisotopic (exact) mass is 444 g/mol. The van der Waals surface area contributed by atoms with Crippen molar-refractivity contribution in [3.05, 3.63) is 101 Å². The highest BCUT2D eigenvalue weighted by Gasteiger charge is 2.39. The summed E-state index contributed by atoms with van der Waals surface area (Å²) in [5.74, 6) is -0.484. The molecule has 0 saturated heterocycles. The maximum Gasteiger partial charge on any atom is 0.278 e. The van der Waals surface area contributed by atoms with E-state index >= 15 is 0 Å². The van der Waals surface area contributed by atoms with Gasteiger partial charge in [0, 0.05) is 6.54 Å². The summed E-state index contributed by atoms with van der Waals surface area (Å²) in [6, 6.07) is 20.9. The summed E-state index contributed by atoms with van der Waals surface area (Å²) in [6.45, 7) is 4.51. The van der Waals surface area contributed by atoms with Gasteiger partial charge in [-0.05, 0) is 55.7 Å². The third-order valence-corrected chi connectivity index (χ3v) is 5.49. The predicted octanol–water partition coefficient (Wildman–Crippen LogP) is 4.97. The molecule has 2 amide bonds. The number of aryl methyl sites for hydroxylation is 1. The number of nitrogens with zero attached hydrogens (tertiary/aromatic N) is 1. The quantitative estimate of drug-likeness (QED) is 0.499. The molecule has 0 unspecified atom stereocenters. The number of hydrogen-bond donors (Lipinski definition) is 1. The van der Waals surface area contributed by atoms with E-state index < -0.39 is 5.91 Å². The van der Waals surface area contributed by atoms with E-state index in [9.17, 15) is 14.0 Å². The highest BCUT2D eigenvalue weighted by Crippen LogP contribution is 2.33. The van der Waals surface area contributed by atoms with Crippen LogP contribution in [0.5, 0.6) is 5.75 Å². The molecule has 1 N–H and O–H groups in total. The van der Waals surface area contributed by atoms with Gasteiger partial charge in [-0.25, -0.2) is 4.39 Å². The van der Waals surface area contributed by atoms with Crippen LogP contribution in [0.15, 0.2) is 78.5 Å². The van der Waals surface area contributed by atoms with Crippen molar-refractivity contribution in [1.29, 1.82) is 0 Å². The van der Waals surface area contributed by atoms with Crippen LogP contribution >= 0.6 is 0 Å². The molecule has 5 nitrogen and oxygen atoms in total. The van der Waals surface area contributed by atoms with Crippen LogP contribution in [0.2, 0.25) is 0 Å². The van der Waals surface area contributed by atoms with Crippen LogP contribution < -0.4 is 10.1 Å². The van der Waals surface area contributed by atoms with Crippen LogP contribution in [0.3, 0.4) is 0 Å². The van der Waals surface area contributed by atoms with E-state index in [1.807, 2.05) is 62.4 Å². The molecule has 0 fully saturated rings. The Morgan fingerprint density at radius 3 is 2.30 bits per heavy atom. The Morgan fingerprint density at radius 1 is 0.909 bits per heavy atom. The molecule has 1 aliphatic heterocycles. The van der Waals surface area contributed by atoms with E-state index in [4.69, 9.17) is 4.74 Å². The van der Waals surface area contributed by atoms with Gasteiger partial charge < -0.3 is 10.1 Å². The van der Waals surface area contributed by atoms with Crippen LogP contribution in [0.25, 0.3) is 5.57 Å². The van der Waals surface area contributed by atoms with Crippen LogP contribution in [0.1, 0.15) is 23.6 Å². The molecule has 3 aromatic carbocycles. The smallest absolute Gasteiger partial charge is 0.278 e. The maximum absolute atomic E-state index is 13.4. The predicted molar refractivity (Wildman–Crippen MR) is 126 cm³/mol. The number of carbonyl (C=O) groups is 2. The first kappa shape index (κ1) is 22.3. The lowest BCUT2D eigenvalue weighted by Gasteiger charge is -2.16. The minimum absolute atomic E-state index is 0.191. The zero-order valence-electron chi connectivity index (χ0n) is 18.6. The number of carbonyl (C=O) groups excluding carboxylic acids is 2. The van der Waals surface area contributed by atoms with Gasteiger partial charge in [0.25, 0.3) is 11.8 Å². The van der Waals surface area contributed by atoms with Gasteiger partial charge in [0.2, 0.25) is 0 Å². The van der Waals surface area contributed by atoms with Crippen molar-refractivity contribution in [2.75, 3.05) is 18.5 Å². The fraction of sp³-hybridized carbons (Fsp3) is 0.185. The summed E-state index contributed by atoms with van der Waals surface area (Å²) < 4.78 is 18.9. The molecule has 0 saturated carbocycles. The number of benzene rings is 3. The van der Waals surface area contributed by atoms with Crippen molar-refractivity contribution in [2.24, 2.45) is 0 Å². The number of halogens is 1. The number of anilines is 1. The topological polar surface area (TPSA) is 58.6 Å². The van der Waals surface area contributed by atoms with E-state index in [2.05, 4.69) is 5.32 Å². The lowest BCUT2D eigenvalue weighted by molar-refractivity contribution is -0.136. The zero-order chi connectivity index (χ0) is 23.4. The molecule has 33 heavy (non-hydrogen) atoms. The second kappa shape index (κ2) is 9.69. The highest BCUT2D eigenvalue weighted by atomic mass is 19.1. The number of amides is 2. The molecular formula is C27H25FN2O3. The lowest BCUT2D eigenvalue weighted by Crippen LogP contribution is -2.34. The molecular weight excluding hydrogens is 419 g/mol. The normalized spacial score (nSPS) is 13.6. The Morgan fingerprint density at radius 2 is 1.61 bits per heavy atom. The van der Waals surface area contributed by atoms with Crippen molar-refractivity contribution in [1.82, 2.24) is 4.90 Å². The van der Waals surface area contributed by atoms with Gasteiger partial charge in [-0.15, -0.1) is 0 Å². The molecule has 6 heteroatoms. The Hall–Kier alpha value is -3.93. The molecule has 0 atom stereocenters. The SMILES string of the molecule is CCOc1ccccc1NC1=C(c2ccc(C)cc2)C(=O)N(CCc2ccc(F)cc2)C1=O. The van der Waals surface area contributed by atoms with Crippen molar-refractivity contribution in [3.8, 4) is 5.75 Å². The van der Waals surface area contributed by atoms with Gasteiger partial charge in [0.05, 0.1) is 17.9 Å². The Balaban J connectivity index is 1.67. The van der Waals surface area contributed by atoms with Gasteiger partial charge in [-0.2, -0.15) is 0 Å². The van der Waals surface area contributed by atoms with Crippen LogP contribution in [-0.2, 0) is 16.0 Å². The summed E-state index contributed by atoms with van der Waals surface area (Å²) in [6.07, 6.45) is 0.432. The fourth-order valence-corrected chi connectivity index (χ4v) is 3.76. The van der Waals surface area contributed by atoms with Gasteiger partial charge in [-0.1, -0.05) is 54.1 Å². The molecule has 3 aromatic rings. The second-order valence-electron chi connectivity index (χ2n) is 7.81. The Labute approximate surface area is 192 Å². The second-order valence-corrected chi connectivity index (χ2v) is 7.81. The van der Waals surface area contributed by atoms with Crippen LogP contribution in [0.4, 0.5) is 10.1 Å². The van der Waals surface area contributed by atoms with Crippen molar-refractivity contribution in [2.45, 2.75) is 20.3 Å². The van der Waals surface area contributed by atoms with Gasteiger partial charge in [-0.3, -0.25) is 14.5 Å². The standard InChI is InChI=1S/C27H25FN2O3/c1-3-33-23-7-5-4-6-22(23)29-25-24(20-12-8-18(2)9-13-20)26(31)30(27(25)32)17-16-19-10-14-21(28)15-11-19/h4-15,29H,3,16-17H2,1-2H3. The summed E-state index contributed by atoms with van der Waals surface area (Å²) in [7, 11) is 0. The fourth-order valence-electron chi connectivity index (χ4n) is 3.76. The molecule has 1 aliphatic rings. The molecule has 0 aromatic heterocycles. The number of nitrogens with one attached hydrogen (secondary N) is 1. The van der Waals surface area contributed by atoms with Crippen molar-refractivity contribution >= 4 is 23.1 Å². The van der Waals surface area contributed by atoms with E-state index in [1.165, 1.54) is 17.0 Å². The number of imide groups is 1. The van der Waals surface area contributed by atoms with Crippen molar-refractivity contribution < 1.29 is 18.7 Å². The zero-order valence-corrected chi connectivity index (χ0v) is 18.6. The first-order valence-electron chi connectivity index (χ1n) is 10.9. The minimum Gasteiger partial charge on any atom is -0.492 e. The molecule has 0 aliphatic carbocycles. The largest absolute Gasteiger partial charge is 0.492 e. The van der Waals surface area contributed by atoms with E-state index in [0.29, 0.717) is 35.6 Å². The van der Waals surface area contributed by atoms with Gasteiger partial charge in [0.1, 0.15) is 17.3 Å². The van der Waals surface area contributed by atoms with E-state index in [-0.39, 0.29) is 24.0 Å². The summed E-state index contributed by atoms with van der Waals surface area (Å²) in [5.41, 5.74) is 3.72. The molecule has 168 valence electrons. The number of para-hydroxylation sites is 2. The molecule has 4 rings (SSSR count). The third kappa shape index (κ3) is 4.80. The molecule has 1 heterocycles. The molecule has 0 bridgehead atoms. The van der Waals surface area contributed by atoms with Crippen molar-refractivity contribution in [3.63, 3.8) is 0 Å². The summed E-state index contributed by atoms with van der Waals surface area (Å²) in [4.78, 5) is 28.0. The number of hydrogen-bond acceptors (Lipinski definition) is 4. The number of ether oxygens (including phenoxy) is 1. The van der Waals surface area contributed by atoms with Gasteiger partial charge in [0.15, 0.2) is 0 Å². The third-order valence-electron chi connectivity index (χ3n) is 5.49. The first-order valence-corrected chi connectivity index (χ1v) is 10.9. The Kier molecular flexibility index (Phi) is 6.54. The average Bonchev–Trinajstić information content (AvgIpc) is 3.04. The van der Waals surface area contributed by atoms with Crippen LogP contribution in [0, 0.1) is 12.7 Å². The summed E-state index contributed by atoms with van der Waals surface area (Å²) in [5, 5.41) is 3.17. The molecule has 0 spiro atoms. The van der Waals surface area contributed by atoms with Gasteiger partial charge >= 0.3 is 0 Å². The first-order chi connectivity index (χ1) is 16.0. The van der Waals surface area contributed by atoms with E-state index in [1.54, 1.807) is 12.1 Å². The summed E-state index contributed by atoms with van der Waals surface area (Å²) >= 11 is 0. The van der Waals surface area contributed by atoms with E-state index in [0.717, 1.165) is 11.1 Å². The minimum atomic E-state index is -0.399. The number of rotatable bonds is 8. The Bertz CT molecular complexity index is 1200. The highest BCUT2D eigenvalue weighted by molar-refractivity contribution is 6.36. The average molecular weight is 445 g/mol. The van der Waals surface area contributed by atoms with Crippen LogP contribution in [-0.4, -0.2) is 29.9 Å².